The molecule has 2 heterocycles. The van der Waals surface area contributed by atoms with Crippen LogP contribution in [-0.4, -0.2) is 15.5 Å². The van der Waals surface area contributed by atoms with Crippen LogP contribution in [0.3, 0.4) is 0 Å². The van der Waals surface area contributed by atoms with Gasteiger partial charge in [-0.1, -0.05) is 18.2 Å². The minimum Gasteiger partial charge on any atom is -0.300 e. The number of aryl methyl sites for hydroxylation is 2. The minimum atomic E-state index is -0.257. The van der Waals surface area contributed by atoms with E-state index in [2.05, 4.69) is 10.3 Å². The van der Waals surface area contributed by atoms with Crippen molar-refractivity contribution in [2.75, 3.05) is 5.32 Å². The lowest BCUT2D eigenvalue weighted by atomic mass is 10.1. The lowest BCUT2D eigenvalue weighted by Crippen LogP contribution is -2.29. The molecule has 0 atom stereocenters. The van der Waals surface area contributed by atoms with Crippen LogP contribution in [0.25, 0.3) is 10.9 Å². The fourth-order valence-corrected chi connectivity index (χ4v) is 3.05. The van der Waals surface area contributed by atoms with Gasteiger partial charge in [-0.05, 0) is 31.4 Å². The first-order valence-corrected chi connectivity index (χ1v) is 7.74. The number of rotatable bonds is 3. The molecule has 0 saturated heterocycles. The van der Waals surface area contributed by atoms with E-state index < -0.39 is 0 Å². The van der Waals surface area contributed by atoms with Gasteiger partial charge in [0.25, 0.3) is 5.56 Å². The third-order valence-corrected chi connectivity index (χ3v) is 4.22. The van der Waals surface area contributed by atoms with Gasteiger partial charge in [-0.2, -0.15) is 0 Å². The Hall–Kier alpha value is -2.47. The van der Waals surface area contributed by atoms with Crippen LogP contribution in [-0.2, 0) is 11.3 Å². The summed E-state index contributed by atoms with van der Waals surface area (Å²) in [6.07, 6.45) is 0. The van der Waals surface area contributed by atoms with Gasteiger partial charge in [0.05, 0.1) is 11.2 Å². The number of carbonyl (C=O) groups is 1. The van der Waals surface area contributed by atoms with Crippen molar-refractivity contribution in [3.05, 3.63) is 57.3 Å². The molecule has 1 N–H and O–H groups in total. The Labute approximate surface area is 131 Å². The topological polar surface area (TPSA) is 64.0 Å². The molecule has 1 amide bonds. The zero-order chi connectivity index (χ0) is 15.7. The highest BCUT2D eigenvalue weighted by Crippen LogP contribution is 2.15. The second kappa shape index (κ2) is 5.73. The van der Waals surface area contributed by atoms with Gasteiger partial charge < -0.3 is 5.32 Å². The van der Waals surface area contributed by atoms with Crippen LogP contribution in [0, 0.1) is 13.8 Å². The fourth-order valence-electron chi connectivity index (χ4n) is 2.34. The van der Waals surface area contributed by atoms with Gasteiger partial charge in [-0.15, -0.1) is 11.3 Å². The Kier molecular flexibility index (Phi) is 3.77. The van der Waals surface area contributed by atoms with Gasteiger partial charge in [0.1, 0.15) is 6.54 Å². The molecule has 22 heavy (non-hydrogen) atoms. The predicted molar refractivity (Wildman–Crippen MR) is 88.4 cm³/mol. The van der Waals surface area contributed by atoms with E-state index in [1.165, 1.54) is 15.9 Å². The average molecular weight is 313 g/mol. The van der Waals surface area contributed by atoms with Gasteiger partial charge in [-0.3, -0.25) is 14.2 Å². The van der Waals surface area contributed by atoms with Gasteiger partial charge in [-0.25, -0.2) is 4.98 Å². The highest BCUT2D eigenvalue weighted by Gasteiger charge is 2.11. The summed E-state index contributed by atoms with van der Waals surface area (Å²) in [5.74, 6) is -0.257. The fraction of sp³-hybridized carbons (Fsp3) is 0.188. The number of carbonyl (C=O) groups excluding carboxylic acids is 1. The summed E-state index contributed by atoms with van der Waals surface area (Å²) in [5.41, 5.74) is 2.09. The first kappa shape index (κ1) is 14.5. The van der Waals surface area contributed by atoms with E-state index in [9.17, 15) is 9.59 Å². The maximum atomic E-state index is 12.3. The lowest BCUT2D eigenvalue weighted by molar-refractivity contribution is -0.116. The summed E-state index contributed by atoms with van der Waals surface area (Å²) in [6.45, 7) is 3.59. The molecule has 0 bridgehead atoms. The Morgan fingerprint density at radius 1 is 1.32 bits per heavy atom. The predicted octanol–water partition coefficient (Wildman–Crippen LogP) is 2.71. The van der Waals surface area contributed by atoms with Crippen LogP contribution in [0.1, 0.15) is 11.3 Å². The Balaban J connectivity index is 1.94. The number of pyridine rings is 1. The van der Waals surface area contributed by atoms with Gasteiger partial charge >= 0.3 is 0 Å². The summed E-state index contributed by atoms with van der Waals surface area (Å²) in [7, 11) is 0. The van der Waals surface area contributed by atoms with Crippen LogP contribution in [0.4, 0.5) is 5.13 Å². The van der Waals surface area contributed by atoms with Crippen LogP contribution in [0.5, 0.6) is 0 Å². The zero-order valence-electron chi connectivity index (χ0n) is 12.3. The number of aromatic nitrogens is 2. The summed E-state index contributed by atoms with van der Waals surface area (Å²) >= 11 is 1.37. The van der Waals surface area contributed by atoms with E-state index in [-0.39, 0.29) is 18.0 Å². The Morgan fingerprint density at radius 2 is 2.09 bits per heavy atom. The molecule has 0 fully saturated rings. The van der Waals surface area contributed by atoms with E-state index in [0.29, 0.717) is 10.7 Å². The molecule has 0 aliphatic rings. The smallest absolute Gasteiger partial charge is 0.254 e. The SMILES string of the molecule is Cc1csc(NC(=O)Cn2c(=O)c(C)cc3ccccc32)n1. The first-order valence-electron chi connectivity index (χ1n) is 6.86. The van der Waals surface area contributed by atoms with Crippen LogP contribution in [0.15, 0.2) is 40.5 Å². The number of anilines is 1. The molecule has 2 aromatic heterocycles. The van der Waals surface area contributed by atoms with E-state index in [1.807, 2.05) is 42.6 Å². The summed E-state index contributed by atoms with van der Waals surface area (Å²) < 4.78 is 1.50. The molecule has 6 heteroatoms. The second-order valence-electron chi connectivity index (χ2n) is 5.12. The highest BCUT2D eigenvalue weighted by atomic mass is 32.1. The van der Waals surface area contributed by atoms with Gasteiger partial charge in [0, 0.05) is 10.9 Å². The van der Waals surface area contributed by atoms with E-state index in [1.54, 1.807) is 6.92 Å². The van der Waals surface area contributed by atoms with Crippen LogP contribution >= 0.6 is 11.3 Å². The number of hydrogen-bond acceptors (Lipinski definition) is 4. The molecule has 0 aliphatic carbocycles. The maximum absolute atomic E-state index is 12.3. The van der Waals surface area contributed by atoms with Crippen LogP contribution < -0.4 is 10.9 Å². The molecule has 112 valence electrons. The largest absolute Gasteiger partial charge is 0.300 e. The summed E-state index contributed by atoms with van der Waals surface area (Å²) in [5, 5.41) is 6.09. The Morgan fingerprint density at radius 3 is 2.82 bits per heavy atom. The van der Waals surface area contributed by atoms with E-state index in [4.69, 9.17) is 0 Å². The Bertz CT molecular complexity index is 911. The number of amides is 1. The molecule has 0 aliphatic heterocycles. The second-order valence-corrected chi connectivity index (χ2v) is 5.98. The number of para-hydroxylation sites is 1. The maximum Gasteiger partial charge on any atom is 0.254 e. The first-order chi connectivity index (χ1) is 10.5. The minimum absolute atomic E-state index is 0.0281. The monoisotopic (exact) mass is 313 g/mol. The number of nitrogens with one attached hydrogen (secondary N) is 1. The summed E-state index contributed by atoms with van der Waals surface area (Å²) in [6, 6.07) is 9.39. The number of benzene rings is 1. The third kappa shape index (κ3) is 2.78. The molecule has 0 saturated carbocycles. The number of fused-ring (bicyclic) bond motifs is 1. The molecule has 5 nitrogen and oxygen atoms in total. The van der Waals surface area contributed by atoms with Crippen molar-refractivity contribution in [2.45, 2.75) is 20.4 Å². The third-order valence-electron chi connectivity index (χ3n) is 3.35. The quantitative estimate of drug-likeness (QED) is 0.808. The molecule has 1 aromatic carbocycles. The average Bonchev–Trinajstić information content (AvgIpc) is 2.89. The molecular weight excluding hydrogens is 298 g/mol. The van der Waals surface area contributed by atoms with Gasteiger partial charge in [0.15, 0.2) is 5.13 Å². The van der Waals surface area contributed by atoms with Crippen molar-refractivity contribution in [2.24, 2.45) is 0 Å². The summed E-state index contributed by atoms with van der Waals surface area (Å²) in [4.78, 5) is 28.7. The zero-order valence-corrected chi connectivity index (χ0v) is 13.1. The van der Waals surface area contributed by atoms with Crippen molar-refractivity contribution in [1.29, 1.82) is 0 Å². The number of thiazole rings is 1. The lowest BCUT2D eigenvalue weighted by Gasteiger charge is -2.11. The highest BCUT2D eigenvalue weighted by molar-refractivity contribution is 7.13. The van der Waals surface area contributed by atoms with E-state index in [0.717, 1.165) is 16.6 Å². The van der Waals surface area contributed by atoms with Crippen molar-refractivity contribution < 1.29 is 4.79 Å². The molecule has 3 rings (SSSR count). The number of nitrogens with zero attached hydrogens (tertiary/aromatic N) is 2. The normalized spacial score (nSPS) is 10.8. The molecule has 0 spiro atoms. The molecular formula is C16H15N3O2S. The standard InChI is InChI=1S/C16H15N3O2S/c1-10-7-12-5-3-4-6-13(12)19(15(10)21)8-14(20)18-16-17-11(2)9-22-16/h3-7,9H,8H2,1-2H3,(H,17,18,20). The molecule has 0 radical (unpaired) electrons. The van der Waals surface area contributed by atoms with E-state index >= 15 is 0 Å². The van der Waals surface area contributed by atoms with Crippen molar-refractivity contribution in [1.82, 2.24) is 9.55 Å². The van der Waals surface area contributed by atoms with Crippen LogP contribution in [0.2, 0.25) is 0 Å². The van der Waals surface area contributed by atoms with Gasteiger partial charge in [0.2, 0.25) is 5.91 Å². The van der Waals surface area contributed by atoms with Crippen molar-refractivity contribution in [3.63, 3.8) is 0 Å². The van der Waals surface area contributed by atoms with Crippen molar-refractivity contribution in [3.8, 4) is 0 Å². The molecule has 0 unspecified atom stereocenters. The number of hydrogen-bond donors (Lipinski definition) is 1. The molecule has 3 aromatic rings. The van der Waals surface area contributed by atoms with Crippen molar-refractivity contribution >= 4 is 33.3 Å².